The average Bonchev–Trinajstić information content (AvgIpc) is 2.69. The number of carbonyl (C=O) groups excluding carboxylic acids is 1. The molecule has 164 valence electrons. The van der Waals surface area contributed by atoms with Gasteiger partial charge in [-0.2, -0.15) is 0 Å². The fourth-order valence-electron chi connectivity index (χ4n) is 3.39. The lowest BCUT2D eigenvalue weighted by atomic mass is 10.0. The predicted octanol–water partition coefficient (Wildman–Crippen LogP) is 3.59. The van der Waals surface area contributed by atoms with Crippen LogP contribution in [-0.4, -0.2) is 34.5 Å². The molecule has 0 radical (unpaired) electrons. The van der Waals surface area contributed by atoms with Crippen LogP contribution in [-0.2, 0) is 6.54 Å². The Balaban J connectivity index is 2.26. The van der Waals surface area contributed by atoms with E-state index in [-0.39, 0.29) is 22.5 Å². The zero-order chi connectivity index (χ0) is 22.9. The number of amides is 1. The van der Waals surface area contributed by atoms with Crippen LogP contribution in [0.15, 0.2) is 33.9 Å². The number of hydrogen-bond acceptors (Lipinski definition) is 5. The van der Waals surface area contributed by atoms with E-state index in [4.69, 9.17) is 11.6 Å². The Labute approximate surface area is 184 Å². The number of H-pyrrole nitrogens is 1. The van der Waals surface area contributed by atoms with Crippen molar-refractivity contribution in [2.24, 2.45) is 0 Å². The molecule has 3 rings (SSSR count). The molecule has 0 saturated carbocycles. The summed E-state index contributed by atoms with van der Waals surface area (Å²) in [5.41, 5.74) is 1.08. The van der Waals surface area contributed by atoms with Crippen LogP contribution in [0.5, 0.6) is 0 Å². The number of benzene rings is 1. The molecule has 1 aromatic carbocycles. The predicted molar refractivity (Wildman–Crippen MR) is 125 cm³/mol. The van der Waals surface area contributed by atoms with Crippen molar-refractivity contribution in [2.45, 2.75) is 39.7 Å². The maximum Gasteiger partial charge on any atom is 0.329 e. The zero-order valence-corrected chi connectivity index (χ0v) is 19.0. The van der Waals surface area contributed by atoms with Gasteiger partial charge < -0.3 is 10.2 Å². The Morgan fingerprint density at radius 2 is 1.97 bits per heavy atom. The molecular formula is C22H26ClN5O3. The van der Waals surface area contributed by atoms with Crippen LogP contribution in [0.25, 0.3) is 11.0 Å². The van der Waals surface area contributed by atoms with E-state index >= 15 is 0 Å². The normalized spacial score (nSPS) is 11.2. The third-order valence-electron chi connectivity index (χ3n) is 4.94. The quantitative estimate of drug-likeness (QED) is 0.606. The Hall–Kier alpha value is -3.13. The minimum absolute atomic E-state index is 0.0103. The number of aryl methyl sites for hydroxylation is 1. The summed E-state index contributed by atoms with van der Waals surface area (Å²) < 4.78 is 1.41. The van der Waals surface area contributed by atoms with Gasteiger partial charge in [0, 0.05) is 31.4 Å². The van der Waals surface area contributed by atoms with Gasteiger partial charge in [-0.1, -0.05) is 32.4 Å². The van der Waals surface area contributed by atoms with Gasteiger partial charge in [-0.05, 0) is 36.6 Å². The standard InChI is InChI=1S/C22H26ClN5O3/c1-6-9-28-19-18(21(30)26-22(28)31)14(11-15(24-19)12(2)3)20(29)25-16-10-13(23)7-8-17(16)27(4)5/h7-8,10-12H,6,9H2,1-5H3,(H,25,29)(H,26,30,31). The smallest absolute Gasteiger partial charge is 0.329 e. The molecule has 0 aliphatic heterocycles. The molecule has 0 spiro atoms. The number of carbonyl (C=O) groups is 1. The van der Waals surface area contributed by atoms with Crippen LogP contribution < -0.4 is 21.5 Å². The van der Waals surface area contributed by atoms with Gasteiger partial charge in [-0.15, -0.1) is 0 Å². The lowest BCUT2D eigenvalue weighted by Crippen LogP contribution is -2.32. The minimum Gasteiger partial charge on any atom is -0.376 e. The number of fused-ring (bicyclic) bond motifs is 1. The molecule has 8 nitrogen and oxygen atoms in total. The Bertz CT molecular complexity index is 1260. The van der Waals surface area contributed by atoms with E-state index in [0.717, 1.165) is 5.69 Å². The Morgan fingerprint density at radius 3 is 2.58 bits per heavy atom. The van der Waals surface area contributed by atoms with Crippen molar-refractivity contribution in [1.82, 2.24) is 14.5 Å². The SMILES string of the molecule is CCCn1c(=O)[nH]c(=O)c2c(C(=O)Nc3cc(Cl)ccc3N(C)C)cc(C(C)C)nc21. The van der Waals surface area contributed by atoms with Gasteiger partial charge in [-0.3, -0.25) is 19.1 Å². The summed E-state index contributed by atoms with van der Waals surface area (Å²) in [6.45, 7) is 6.17. The van der Waals surface area contributed by atoms with Crippen molar-refractivity contribution in [3.05, 3.63) is 61.4 Å². The number of aromatic nitrogens is 3. The fourth-order valence-corrected chi connectivity index (χ4v) is 3.56. The second-order valence-corrected chi connectivity index (χ2v) is 8.31. The number of anilines is 2. The highest BCUT2D eigenvalue weighted by molar-refractivity contribution is 6.31. The maximum atomic E-state index is 13.4. The van der Waals surface area contributed by atoms with Crippen LogP contribution in [0.1, 0.15) is 49.2 Å². The number of nitrogens with zero attached hydrogens (tertiary/aromatic N) is 3. The summed E-state index contributed by atoms with van der Waals surface area (Å²) in [6.07, 6.45) is 0.672. The number of pyridine rings is 1. The van der Waals surface area contributed by atoms with Crippen molar-refractivity contribution >= 4 is 39.9 Å². The van der Waals surface area contributed by atoms with Gasteiger partial charge in [0.15, 0.2) is 5.65 Å². The maximum absolute atomic E-state index is 13.4. The number of halogens is 1. The molecule has 0 bridgehead atoms. The molecule has 0 aliphatic rings. The van der Waals surface area contributed by atoms with E-state index in [1.54, 1.807) is 24.3 Å². The molecule has 9 heteroatoms. The highest BCUT2D eigenvalue weighted by Gasteiger charge is 2.21. The van der Waals surface area contributed by atoms with Crippen molar-refractivity contribution in [3.8, 4) is 0 Å². The first-order chi connectivity index (χ1) is 14.6. The van der Waals surface area contributed by atoms with Gasteiger partial charge in [-0.25, -0.2) is 9.78 Å². The second-order valence-electron chi connectivity index (χ2n) is 7.87. The molecule has 31 heavy (non-hydrogen) atoms. The van der Waals surface area contributed by atoms with E-state index in [1.807, 2.05) is 39.8 Å². The van der Waals surface area contributed by atoms with Gasteiger partial charge in [0.05, 0.1) is 22.3 Å². The van der Waals surface area contributed by atoms with Gasteiger partial charge in [0.2, 0.25) is 0 Å². The van der Waals surface area contributed by atoms with Gasteiger partial charge in [0.1, 0.15) is 0 Å². The summed E-state index contributed by atoms with van der Waals surface area (Å²) in [5.74, 6) is -0.490. The second kappa shape index (κ2) is 8.93. The lowest BCUT2D eigenvalue weighted by molar-refractivity contribution is 0.102. The monoisotopic (exact) mass is 443 g/mol. The van der Waals surface area contributed by atoms with Crippen LogP contribution in [0, 0.1) is 0 Å². The summed E-state index contributed by atoms with van der Waals surface area (Å²) in [4.78, 5) is 47.2. The highest BCUT2D eigenvalue weighted by Crippen LogP contribution is 2.29. The molecule has 0 atom stereocenters. The molecule has 2 heterocycles. The summed E-state index contributed by atoms with van der Waals surface area (Å²) in [7, 11) is 3.71. The fraction of sp³-hybridized carbons (Fsp3) is 0.364. The van der Waals surface area contributed by atoms with Crippen LogP contribution in [0.3, 0.4) is 0 Å². The van der Waals surface area contributed by atoms with E-state index in [9.17, 15) is 14.4 Å². The summed E-state index contributed by atoms with van der Waals surface area (Å²) >= 11 is 6.14. The largest absolute Gasteiger partial charge is 0.376 e. The van der Waals surface area contributed by atoms with Gasteiger partial charge in [0.25, 0.3) is 11.5 Å². The third-order valence-corrected chi connectivity index (χ3v) is 5.18. The van der Waals surface area contributed by atoms with Crippen LogP contribution in [0.2, 0.25) is 5.02 Å². The van der Waals surface area contributed by atoms with Crippen molar-refractivity contribution in [1.29, 1.82) is 0 Å². The molecule has 3 aromatic rings. The molecule has 2 aromatic heterocycles. The van der Waals surface area contributed by atoms with Crippen molar-refractivity contribution in [3.63, 3.8) is 0 Å². The first-order valence-electron chi connectivity index (χ1n) is 10.1. The van der Waals surface area contributed by atoms with E-state index in [2.05, 4.69) is 15.3 Å². The molecule has 1 amide bonds. The van der Waals surface area contributed by atoms with E-state index in [0.29, 0.717) is 29.4 Å². The molecule has 0 fully saturated rings. The summed E-state index contributed by atoms with van der Waals surface area (Å²) in [5, 5.41) is 3.42. The Kier molecular flexibility index (Phi) is 6.50. The molecular weight excluding hydrogens is 418 g/mol. The summed E-state index contributed by atoms with van der Waals surface area (Å²) in [6, 6.07) is 6.80. The van der Waals surface area contributed by atoms with Crippen molar-refractivity contribution < 1.29 is 4.79 Å². The minimum atomic E-state index is -0.640. The molecule has 0 saturated heterocycles. The number of rotatable bonds is 6. The number of hydrogen-bond donors (Lipinski definition) is 2. The first-order valence-corrected chi connectivity index (χ1v) is 10.5. The molecule has 0 unspecified atom stereocenters. The van der Waals surface area contributed by atoms with E-state index in [1.165, 1.54) is 4.57 Å². The average molecular weight is 444 g/mol. The number of nitrogens with one attached hydrogen (secondary N) is 2. The highest BCUT2D eigenvalue weighted by atomic mass is 35.5. The lowest BCUT2D eigenvalue weighted by Gasteiger charge is -2.19. The first kappa shape index (κ1) is 22.6. The van der Waals surface area contributed by atoms with Crippen molar-refractivity contribution in [2.75, 3.05) is 24.3 Å². The third kappa shape index (κ3) is 4.49. The Morgan fingerprint density at radius 1 is 1.26 bits per heavy atom. The topological polar surface area (TPSA) is 100 Å². The molecule has 2 N–H and O–H groups in total. The van der Waals surface area contributed by atoms with Crippen LogP contribution in [0.4, 0.5) is 11.4 Å². The zero-order valence-electron chi connectivity index (χ0n) is 18.2. The van der Waals surface area contributed by atoms with Gasteiger partial charge >= 0.3 is 5.69 Å². The molecule has 0 aliphatic carbocycles. The number of aromatic amines is 1. The van der Waals surface area contributed by atoms with E-state index < -0.39 is 17.2 Å². The van der Waals surface area contributed by atoms with Crippen LogP contribution >= 0.6 is 11.6 Å².